The topological polar surface area (TPSA) is 64.7 Å². The van der Waals surface area contributed by atoms with Crippen molar-refractivity contribution in [3.05, 3.63) is 48.7 Å². The van der Waals surface area contributed by atoms with Gasteiger partial charge in [0.05, 0.1) is 12.1 Å². The van der Waals surface area contributed by atoms with Crippen molar-refractivity contribution in [3.8, 4) is 0 Å². The quantitative estimate of drug-likeness (QED) is 0.756. The van der Waals surface area contributed by atoms with Crippen LogP contribution < -0.4 is 5.32 Å². The first-order chi connectivity index (χ1) is 10.8. The molecule has 0 spiro atoms. The first-order valence-corrected chi connectivity index (χ1v) is 7.45. The minimum atomic E-state index is -0.0705. The van der Waals surface area contributed by atoms with Crippen molar-refractivity contribution in [2.45, 2.75) is 33.0 Å². The molecule has 6 heteroatoms. The van der Waals surface area contributed by atoms with Crippen LogP contribution in [0, 0.1) is 0 Å². The smallest absolute Gasteiger partial charge is 0.242 e. The molecule has 1 aromatic carbocycles. The molecule has 0 fully saturated rings. The number of imidazole rings is 1. The summed E-state index contributed by atoms with van der Waals surface area (Å²) in [6.45, 7) is 3.68. The van der Waals surface area contributed by atoms with Crippen LogP contribution in [0.15, 0.2) is 42.9 Å². The third kappa shape index (κ3) is 3.16. The summed E-state index contributed by atoms with van der Waals surface area (Å²) in [7, 11) is 0. The van der Waals surface area contributed by atoms with Gasteiger partial charge in [-0.3, -0.25) is 9.48 Å². The van der Waals surface area contributed by atoms with E-state index in [2.05, 4.69) is 26.9 Å². The second-order valence-corrected chi connectivity index (χ2v) is 5.20. The maximum Gasteiger partial charge on any atom is 0.242 e. The maximum atomic E-state index is 12.0. The van der Waals surface area contributed by atoms with E-state index in [0.717, 1.165) is 29.7 Å². The van der Waals surface area contributed by atoms with E-state index >= 15 is 0 Å². The molecule has 3 aromatic rings. The number of benzene rings is 1. The molecule has 0 atom stereocenters. The highest BCUT2D eigenvalue weighted by molar-refractivity contribution is 5.79. The van der Waals surface area contributed by atoms with Crippen molar-refractivity contribution >= 4 is 16.8 Å². The Morgan fingerprint density at radius 3 is 3.00 bits per heavy atom. The Kier molecular flexibility index (Phi) is 4.18. The second kappa shape index (κ2) is 6.43. The van der Waals surface area contributed by atoms with Gasteiger partial charge < -0.3 is 9.88 Å². The lowest BCUT2D eigenvalue weighted by Gasteiger charge is -2.08. The summed E-state index contributed by atoms with van der Waals surface area (Å²) in [6.07, 6.45) is 6.62. The van der Waals surface area contributed by atoms with E-state index in [1.54, 1.807) is 10.9 Å². The second-order valence-electron chi connectivity index (χ2n) is 5.20. The first-order valence-electron chi connectivity index (χ1n) is 7.45. The number of hydrogen-bond donors (Lipinski definition) is 1. The Morgan fingerprint density at radius 1 is 1.32 bits per heavy atom. The molecule has 0 unspecified atom stereocenters. The van der Waals surface area contributed by atoms with Gasteiger partial charge in [0, 0.05) is 30.5 Å². The molecule has 2 heterocycles. The number of hydrogen-bond acceptors (Lipinski definition) is 3. The lowest BCUT2D eigenvalue weighted by molar-refractivity contribution is -0.122. The number of carbonyl (C=O) groups excluding carboxylic acids is 1. The largest absolute Gasteiger partial charge is 0.347 e. The van der Waals surface area contributed by atoms with E-state index in [4.69, 9.17) is 0 Å². The van der Waals surface area contributed by atoms with E-state index in [0.29, 0.717) is 6.54 Å². The minimum Gasteiger partial charge on any atom is -0.347 e. The van der Waals surface area contributed by atoms with Gasteiger partial charge in [-0.25, -0.2) is 4.98 Å². The van der Waals surface area contributed by atoms with Crippen LogP contribution in [-0.2, 0) is 24.4 Å². The molecule has 0 aliphatic rings. The fourth-order valence-electron chi connectivity index (χ4n) is 2.43. The minimum absolute atomic E-state index is 0.0705. The van der Waals surface area contributed by atoms with Gasteiger partial charge in [-0.05, 0) is 12.5 Å². The summed E-state index contributed by atoms with van der Waals surface area (Å²) in [5.41, 5.74) is 0.897. The molecular formula is C16H19N5O. The molecule has 0 bridgehead atoms. The van der Waals surface area contributed by atoms with Crippen LogP contribution in [0.25, 0.3) is 10.9 Å². The Labute approximate surface area is 128 Å². The lowest BCUT2D eigenvalue weighted by atomic mass is 10.3. The average Bonchev–Trinajstić information content (AvgIpc) is 3.11. The summed E-state index contributed by atoms with van der Waals surface area (Å²) in [4.78, 5) is 16.3. The van der Waals surface area contributed by atoms with Crippen LogP contribution in [0.4, 0.5) is 0 Å². The van der Waals surface area contributed by atoms with E-state index in [1.165, 1.54) is 0 Å². The normalized spacial score (nSPS) is 11.0. The molecule has 3 rings (SSSR count). The Morgan fingerprint density at radius 2 is 2.18 bits per heavy atom. The fourth-order valence-corrected chi connectivity index (χ4v) is 2.43. The highest BCUT2D eigenvalue weighted by Gasteiger charge is 2.07. The van der Waals surface area contributed by atoms with E-state index < -0.39 is 0 Å². The molecule has 1 N–H and O–H groups in total. The zero-order valence-corrected chi connectivity index (χ0v) is 12.6. The average molecular weight is 297 g/mol. The molecule has 22 heavy (non-hydrogen) atoms. The van der Waals surface area contributed by atoms with Crippen molar-refractivity contribution in [1.29, 1.82) is 0 Å². The monoisotopic (exact) mass is 297 g/mol. The van der Waals surface area contributed by atoms with Crippen molar-refractivity contribution in [2.24, 2.45) is 0 Å². The molecule has 0 saturated carbocycles. The van der Waals surface area contributed by atoms with Crippen molar-refractivity contribution in [1.82, 2.24) is 24.6 Å². The summed E-state index contributed by atoms with van der Waals surface area (Å²) < 4.78 is 3.72. The lowest BCUT2D eigenvalue weighted by Crippen LogP contribution is -2.28. The summed E-state index contributed by atoms with van der Waals surface area (Å²) in [5.74, 6) is 0.805. The van der Waals surface area contributed by atoms with Crippen LogP contribution in [0.2, 0.25) is 0 Å². The number of amides is 1. The van der Waals surface area contributed by atoms with E-state index in [-0.39, 0.29) is 12.5 Å². The third-order valence-electron chi connectivity index (χ3n) is 3.48. The zero-order valence-electron chi connectivity index (χ0n) is 12.6. The van der Waals surface area contributed by atoms with Crippen LogP contribution in [0.5, 0.6) is 0 Å². The van der Waals surface area contributed by atoms with Crippen LogP contribution in [0.3, 0.4) is 0 Å². The van der Waals surface area contributed by atoms with Gasteiger partial charge in [0.1, 0.15) is 12.4 Å². The molecule has 2 aromatic heterocycles. The van der Waals surface area contributed by atoms with Crippen molar-refractivity contribution < 1.29 is 4.79 Å². The molecule has 0 radical (unpaired) electrons. The van der Waals surface area contributed by atoms with Crippen molar-refractivity contribution in [3.63, 3.8) is 0 Å². The number of nitrogens with zero attached hydrogens (tertiary/aromatic N) is 4. The summed E-state index contributed by atoms with van der Waals surface area (Å²) in [5, 5.41) is 8.31. The van der Waals surface area contributed by atoms with Gasteiger partial charge in [0.25, 0.3) is 0 Å². The van der Waals surface area contributed by atoms with Crippen molar-refractivity contribution in [2.75, 3.05) is 0 Å². The van der Waals surface area contributed by atoms with Gasteiger partial charge in [0.15, 0.2) is 0 Å². The van der Waals surface area contributed by atoms with Gasteiger partial charge in [-0.1, -0.05) is 25.1 Å². The molecule has 0 saturated heterocycles. The van der Waals surface area contributed by atoms with Crippen LogP contribution >= 0.6 is 0 Å². The molecule has 114 valence electrons. The Balaban J connectivity index is 1.59. The summed E-state index contributed by atoms with van der Waals surface area (Å²) in [6, 6.07) is 7.82. The number of aromatic nitrogens is 4. The fraction of sp³-hybridized carbons (Fsp3) is 0.312. The third-order valence-corrected chi connectivity index (χ3v) is 3.48. The number of rotatable bonds is 6. The van der Waals surface area contributed by atoms with Gasteiger partial charge in [-0.15, -0.1) is 0 Å². The summed E-state index contributed by atoms with van der Waals surface area (Å²) >= 11 is 0. The molecule has 0 aliphatic carbocycles. The highest BCUT2D eigenvalue weighted by atomic mass is 16.2. The zero-order chi connectivity index (χ0) is 15.4. The van der Waals surface area contributed by atoms with Gasteiger partial charge in [-0.2, -0.15) is 5.10 Å². The van der Waals surface area contributed by atoms with Crippen LogP contribution in [0.1, 0.15) is 19.2 Å². The maximum absolute atomic E-state index is 12.0. The first kappa shape index (κ1) is 14.3. The number of carbonyl (C=O) groups is 1. The molecule has 0 aliphatic heterocycles. The van der Waals surface area contributed by atoms with Gasteiger partial charge in [0.2, 0.25) is 5.91 Å². The predicted molar refractivity (Wildman–Crippen MR) is 84.1 cm³/mol. The van der Waals surface area contributed by atoms with Crippen LogP contribution in [-0.4, -0.2) is 25.2 Å². The Hall–Kier alpha value is -2.63. The van der Waals surface area contributed by atoms with E-state index in [9.17, 15) is 4.79 Å². The number of aryl methyl sites for hydroxylation is 1. The predicted octanol–water partition coefficient (Wildman–Crippen LogP) is 1.96. The molecule has 6 nitrogen and oxygen atoms in total. The number of nitrogens with one attached hydrogen (secondary N) is 1. The highest BCUT2D eigenvalue weighted by Crippen LogP contribution is 2.10. The SMILES string of the molecule is CCCn1ccnc1CNC(=O)Cn1cc2ccccc2n1. The number of fused-ring (bicyclic) bond motifs is 1. The molecular weight excluding hydrogens is 278 g/mol. The standard InChI is InChI=1S/C16H19N5O/c1-2-8-20-9-7-17-15(20)10-18-16(22)12-21-11-13-5-3-4-6-14(13)19-21/h3-7,9,11H,2,8,10,12H2,1H3,(H,18,22). The van der Waals surface area contributed by atoms with E-state index in [1.807, 2.05) is 36.7 Å². The molecule has 1 amide bonds. The Bertz CT molecular complexity index is 741. The van der Waals surface area contributed by atoms with Gasteiger partial charge >= 0.3 is 0 Å².